The largest absolute Gasteiger partial charge is 0.396 e. The lowest BCUT2D eigenvalue weighted by atomic mass is 9.92. The molecule has 0 bridgehead atoms. The number of rotatable bonds is 5. The first kappa shape index (κ1) is 18.4. The standard InChI is InChI=1S/C20H30N2O3/c23-14-16-9-11-22(12-10-16)13-15-5-7-17(8-6-15)20(25)21-18-3-1-2-4-19(18)24/h5-8,16,18-19,23-24H,1-4,9-14H2,(H,21,25)/t18-,19+/m0/s1. The van der Waals surface area contributed by atoms with Gasteiger partial charge < -0.3 is 15.5 Å². The molecule has 1 amide bonds. The molecule has 0 spiro atoms. The number of nitrogens with one attached hydrogen (secondary N) is 1. The van der Waals surface area contributed by atoms with Crippen LogP contribution in [0.5, 0.6) is 0 Å². The Morgan fingerprint density at radius 2 is 1.76 bits per heavy atom. The fraction of sp³-hybridized carbons (Fsp3) is 0.650. The zero-order chi connectivity index (χ0) is 17.6. The summed E-state index contributed by atoms with van der Waals surface area (Å²) in [6, 6.07) is 7.67. The summed E-state index contributed by atoms with van der Waals surface area (Å²) >= 11 is 0. The molecule has 1 aromatic carbocycles. The number of carbonyl (C=O) groups is 1. The fourth-order valence-corrected chi connectivity index (χ4v) is 3.88. The highest BCUT2D eigenvalue weighted by Crippen LogP contribution is 2.20. The number of amides is 1. The van der Waals surface area contributed by atoms with Crippen LogP contribution in [0, 0.1) is 5.92 Å². The van der Waals surface area contributed by atoms with Crippen LogP contribution >= 0.6 is 0 Å². The number of aliphatic hydroxyl groups is 2. The van der Waals surface area contributed by atoms with Gasteiger partial charge in [-0.3, -0.25) is 9.69 Å². The van der Waals surface area contributed by atoms with Crippen molar-refractivity contribution in [3.63, 3.8) is 0 Å². The molecule has 2 aliphatic rings. The normalized spacial score (nSPS) is 25.7. The van der Waals surface area contributed by atoms with E-state index in [2.05, 4.69) is 10.2 Å². The number of hydrogen-bond donors (Lipinski definition) is 3. The Morgan fingerprint density at radius 3 is 2.40 bits per heavy atom. The van der Waals surface area contributed by atoms with Crippen molar-refractivity contribution >= 4 is 5.91 Å². The molecule has 3 rings (SSSR count). The first-order chi connectivity index (χ1) is 12.2. The van der Waals surface area contributed by atoms with Gasteiger partial charge in [0.2, 0.25) is 0 Å². The minimum atomic E-state index is -0.418. The highest BCUT2D eigenvalue weighted by Gasteiger charge is 2.25. The molecule has 1 aromatic rings. The average molecular weight is 346 g/mol. The van der Waals surface area contributed by atoms with Gasteiger partial charge in [-0.25, -0.2) is 0 Å². The molecular weight excluding hydrogens is 316 g/mol. The van der Waals surface area contributed by atoms with Gasteiger partial charge in [-0.2, -0.15) is 0 Å². The predicted octanol–water partition coefficient (Wildman–Crippen LogP) is 1.92. The summed E-state index contributed by atoms with van der Waals surface area (Å²) in [5.41, 5.74) is 1.86. The van der Waals surface area contributed by atoms with Crippen LogP contribution in [0.2, 0.25) is 0 Å². The molecule has 2 fully saturated rings. The zero-order valence-electron chi connectivity index (χ0n) is 14.9. The molecule has 3 N–H and O–H groups in total. The van der Waals surface area contributed by atoms with E-state index in [4.69, 9.17) is 0 Å². The van der Waals surface area contributed by atoms with Crippen molar-refractivity contribution < 1.29 is 15.0 Å². The summed E-state index contributed by atoms with van der Waals surface area (Å²) in [7, 11) is 0. The van der Waals surface area contributed by atoms with Gasteiger partial charge in [0.25, 0.3) is 5.91 Å². The van der Waals surface area contributed by atoms with Crippen LogP contribution in [0.25, 0.3) is 0 Å². The van der Waals surface area contributed by atoms with Crippen LogP contribution in [0.15, 0.2) is 24.3 Å². The van der Waals surface area contributed by atoms with Gasteiger partial charge in [-0.1, -0.05) is 25.0 Å². The number of hydrogen-bond acceptors (Lipinski definition) is 4. The lowest BCUT2D eigenvalue weighted by molar-refractivity contribution is 0.0717. The lowest BCUT2D eigenvalue weighted by Gasteiger charge is -2.31. The number of carbonyl (C=O) groups excluding carboxylic acids is 1. The van der Waals surface area contributed by atoms with Crippen molar-refractivity contribution in [1.82, 2.24) is 10.2 Å². The van der Waals surface area contributed by atoms with Gasteiger partial charge >= 0.3 is 0 Å². The van der Waals surface area contributed by atoms with Crippen molar-refractivity contribution in [3.8, 4) is 0 Å². The molecule has 138 valence electrons. The van der Waals surface area contributed by atoms with Crippen LogP contribution in [-0.4, -0.2) is 52.9 Å². The van der Waals surface area contributed by atoms with E-state index in [-0.39, 0.29) is 11.9 Å². The quantitative estimate of drug-likeness (QED) is 0.762. The van der Waals surface area contributed by atoms with E-state index in [1.54, 1.807) is 0 Å². The Balaban J connectivity index is 1.50. The van der Waals surface area contributed by atoms with E-state index in [1.165, 1.54) is 5.56 Å². The molecule has 1 aliphatic heterocycles. The summed E-state index contributed by atoms with van der Waals surface area (Å²) < 4.78 is 0. The molecule has 1 aliphatic carbocycles. The van der Waals surface area contributed by atoms with Crippen LogP contribution in [-0.2, 0) is 6.54 Å². The third-order valence-electron chi connectivity index (χ3n) is 5.63. The SMILES string of the molecule is O=C(N[C@H]1CCCC[C@H]1O)c1ccc(CN2CCC(CO)CC2)cc1. The number of benzene rings is 1. The Hall–Kier alpha value is -1.43. The summed E-state index contributed by atoms with van der Waals surface area (Å²) in [6.07, 6.45) is 5.43. The number of nitrogens with zero attached hydrogens (tertiary/aromatic N) is 1. The highest BCUT2D eigenvalue weighted by atomic mass is 16.3. The number of likely N-dealkylation sites (tertiary alicyclic amines) is 1. The van der Waals surface area contributed by atoms with Gasteiger partial charge in [0.05, 0.1) is 12.1 Å². The zero-order valence-corrected chi connectivity index (χ0v) is 14.9. The van der Waals surface area contributed by atoms with Crippen molar-refractivity contribution in [3.05, 3.63) is 35.4 Å². The highest BCUT2D eigenvalue weighted by molar-refractivity contribution is 5.94. The molecule has 1 saturated heterocycles. The average Bonchev–Trinajstić information content (AvgIpc) is 2.65. The van der Waals surface area contributed by atoms with E-state index in [9.17, 15) is 15.0 Å². The maximum absolute atomic E-state index is 12.4. The third-order valence-corrected chi connectivity index (χ3v) is 5.63. The van der Waals surface area contributed by atoms with Gasteiger partial charge in [-0.15, -0.1) is 0 Å². The smallest absolute Gasteiger partial charge is 0.251 e. The van der Waals surface area contributed by atoms with Gasteiger partial charge in [-0.05, 0) is 62.4 Å². The van der Waals surface area contributed by atoms with Crippen LogP contribution in [0.4, 0.5) is 0 Å². The van der Waals surface area contributed by atoms with Gasteiger partial charge in [0.1, 0.15) is 0 Å². The minimum Gasteiger partial charge on any atom is -0.396 e. The first-order valence-electron chi connectivity index (χ1n) is 9.57. The van der Waals surface area contributed by atoms with Gasteiger partial charge in [0.15, 0.2) is 0 Å². The molecule has 0 unspecified atom stereocenters. The number of piperidine rings is 1. The predicted molar refractivity (Wildman–Crippen MR) is 97.3 cm³/mol. The molecule has 0 aromatic heterocycles. The third kappa shape index (κ3) is 5.03. The van der Waals surface area contributed by atoms with E-state index < -0.39 is 6.10 Å². The van der Waals surface area contributed by atoms with Crippen LogP contribution in [0.1, 0.15) is 54.4 Å². The monoisotopic (exact) mass is 346 g/mol. The van der Waals surface area contributed by atoms with Crippen LogP contribution in [0.3, 0.4) is 0 Å². The Morgan fingerprint density at radius 1 is 1.08 bits per heavy atom. The summed E-state index contributed by atoms with van der Waals surface area (Å²) in [6.45, 7) is 3.23. The van der Waals surface area contributed by atoms with E-state index in [0.29, 0.717) is 18.1 Å². The second-order valence-corrected chi connectivity index (χ2v) is 7.53. The van der Waals surface area contributed by atoms with Crippen molar-refractivity contribution in [1.29, 1.82) is 0 Å². The fourth-order valence-electron chi connectivity index (χ4n) is 3.88. The molecule has 0 radical (unpaired) electrons. The molecule has 5 heteroatoms. The number of aliphatic hydroxyl groups excluding tert-OH is 2. The van der Waals surface area contributed by atoms with Crippen LogP contribution < -0.4 is 5.32 Å². The van der Waals surface area contributed by atoms with Crippen molar-refractivity contribution in [2.24, 2.45) is 5.92 Å². The van der Waals surface area contributed by atoms with Gasteiger partial charge in [0, 0.05) is 18.7 Å². The van der Waals surface area contributed by atoms with E-state index in [0.717, 1.165) is 58.2 Å². The summed E-state index contributed by atoms with van der Waals surface area (Å²) in [5, 5.41) is 22.2. The van der Waals surface area contributed by atoms with E-state index >= 15 is 0 Å². The Kier molecular flexibility index (Phi) is 6.45. The summed E-state index contributed by atoms with van der Waals surface area (Å²) in [5.74, 6) is 0.360. The van der Waals surface area contributed by atoms with Crippen molar-refractivity contribution in [2.75, 3.05) is 19.7 Å². The maximum Gasteiger partial charge on any atom is 0.251 e. The Labute approximate surface area is 150 Å². The topological polar surface area (TPSA) is 72.8 Å². The first-order valence-corrected chi connectivity index (χ1v) is 9.57. The molecule has 1 heterocycles. The van der Waals surface area contributed by atoms with Crippen molar-refractivity contribution in [2.45, 2.75) is 57.2 Å². The Bertz CT molecular complexity index is 553. The minimum absolute atomic E-state index is 0.0961. The second-order valence-electron chi connectivity index (χ2n) is 7.53. The molecule has 5 nitrogen and oxygen atoms in total. The summed E-state index contributed by atoms with van der Waals surface area (Å²) in [4.78, 5) is 14.8. The molecule has 25 heavy (non-hydrogen) atoms. The molecule has 2 atom stereocenters. The second kappa shape index (κ2) is 8.79. The molecule has 1 saturated carbocycles. The maximum atomic E-state index is 12.4. The van der Waals surface area contributed by atoms with E-state index in [1.807, 2.05) is 24.3 Å². The molecular formula is C20H30N2O3. The lowest BCUT2D eigenvalue weighted by Crippen LogP contribution is -2.45.